The quantitative estimate of drug-likeness (QED) is 0.383. The number of aliphatic hydroxyl groups excluding tert-OH is 2. The van der Waals surface area contributed by atoms with E-state index in [-0.39, 0.29) is 6.61 Å². The lowest BCUT2D eigenvalue weighted by Gasteiger charge is -2.04. The van der Waals surface area contributed by atoms with Crippen LogP contribution >= 0.6 is 22.6 Å². The lowest BCUT2D eigenvalue weighted by atomic mass is 10.7. The molecule has 0 bridgehead atoms. The number of alkyl halides is 1. The number of halogens is 1. The molecule has 5 heteroatoms. The molecule has 0 aromatic rings. The maximum Gasteiger partial charge on any atom is 0.128 e. The number of ether oxygens (including phenoxy) is 2. The Morgan fingerprint density at radius 1 is 1.18 bits per heavy atom. The molecule has 11 heavy (non-hydrogen) atoms. The van der Waals surface area contributed by atoms with Gasteiger partial charge >= 0.3 is 0 Å². The first-order chi connectivity index (χ1) is 5.27. The monoisotopic (exact) mass is 276 g/mol. The molecule has 0 rings (SSSR count). The van der Waals surface area contributed by atoms with E-state index in [1.807, 2.05) is 22.6 Å². The second kappa shape index (κ2) is 8.66. The Labute approximate surface area is 79.6 Å². The van der Waals surface area contributed by atoms with Gasteiger partial charge in [0.1, 0.15) is 4.11 Å². The fraction of sp³-hybridized carbons (Fsp3) is 1.00. The standard InChI is InChI=1S/C6H13IO4/c7-6(9)5-11-4-3-10-2-1-8/h6,8-9H,1-5H2. The molecule has 0 saturated carbocycles. The van der Waals surface area contributed by atoms with E-state index < -0.39 is 4.11 Å². The van der Waals surface area contributed by atoms with Crippen LogP contribution in [-0.4, -0.2) is 47.4 Å². The molecule has 0 aliphatic carbocycles. The van der Waals surface area contributed by atoms with Crippen molar-refractivity contribution in [3.8, 4) is 0 Å². The summed E-state index contributed by atoms with van der Waals surface area (Å²) >= 11 is 1.86. The predicted octanol–water partition coefficient (Wildman–Crippen LogP) is -0.235. The largest absolute Gasteiger partial charge is 0.394 e. The van der Waals surface area contributed by atoms with Crippen LogP contribution in [0.1, 0.15) is 0 Å². The minimum absolute atomic E-state index is 0.0366. The lowest BCUT2D eigenvalue weighted by molar-refractivity contribution is 0.0192. The van der Waals surface area contributed by atoms with Gasteiger partial charge in [-0.1, -0.05) is 0 Å². The van der Waals surface area contributed by atoms with Crippen molar-refractivity contribution in [3.05, 3.63) is 0 Å². The molecule has 0 amide bonds. The zero-order chi connectivity index (χ0) is 8.53. The van der Waals surface area contributed by atoms with E-state index >= 15 is 0 Å². The van der Waals surface area contributed by atoms with Crippen molar-refractivity contribution in [2.24, 2.45) is 0 Å². The molecule has 0 aromatic heterocycles. The molecule has 0 radical (unpaired) electrons. The van der Waals surface area contributed by atoms with Gasteiger partial charge in [0.05, 0.1) is 33.0 Å². The SMILES string of the molecule is OCCOCCOCC(O)I. The van der Waals surface area contributed by atoms with Gasteiger partial charge in [0.25, 0.3) is 0 Å². The van der Waals surface area contributed by atoms with Crippen molar-refractivity contribution in [3.63, 3.8) is 0 Å². The molecule has 0 aliphatic rings. The third-order valence-corrected chi connectivity index (χ3v) is 1.22. The Balaban J connectivity index is 2.80. The summed E-state index contributed by atoms with van der Waals surface area (Å²) in [7, 11) is 0. The first-order valence-electron chi connectivity index (χ1n) is 3.36. The van der Waals surface area contributed by atoms with Gasteiger partial charge < -0.3 is 19.7 Å². The summed E-state index contributed by atoms with van der Waals surface area (Å²) in [5, 5.41) is 17.0. The van der Waals surface area contributed by atoms with Crippen LogP contribution in [0.3, 0.4) is 0 Å². The molecular weight excluding hydrogens is 263 g/mol. The molecule has 4 nitrogen and oxygen atoms in total. The van der Waals surface area contributed by atoms with Gasteiger partial charge in [0, 0.05) is 0 Å². The van der Waals surface area contributed by atoms with Crippen LogP contribution in [0.2, 0.25) is 0 Å². The number of hydrogen-bond acceptors (Lipinski definition) is 4. The van der Waals surface area contributed by atoms with Gasteiger partial charge in [-0.05, 0) is 22.6 Å². The van der Waals surface area contributed by atoms with Crippen molar-refractivity contribution in [2.75, 3.05) is 33.0 Å². The molecule has 0 aliphatic heterocycles. The summed E-state index contributed by atoms with van der Waals surface area (Å²) in [6, 6.07) is 0. The molecule has 68 valence electrons. The van der Waals surface area contributed by atoms with Crippen molar-refractivity contribution >= 4 is 22.6 Å². The van der Waals surface area contributed by atoms with Crippen molar-refractivity contribution in [1.29, 1.82) is 0 Å². The molecule has 2 N–H and O–H groups in total. The van der Waals surface area contributed by atoms with Gasteiger partial charge in [-0.3, -0.25) is 0 Å². The summed E-state index contributed by atoms with van der Waals surface area (Å²) in [5.74, 6) is 0. The third kappa shape index (κ3) is 10.6. The van der Waals surface area contributed by atoms with Crippen molar-refractivity contribution < 1.29 is 19.7 Å². The molecule has 0 fully saturated rings. The van der Waals surface area contributed by atoms with Gasteiger partial charge in [-0.25, -0.2) is 0 Å². The van der Waals surface area contributed by atoms with E-state index in [1.54, 1.807) is 0 Å². The third-order valence-electron chi connectivity index (χ3n) is 0.863. The zero-order valence-electron chi connectivity index (χ0n) is 6.20. The Hall–Kier alpha value is 0.570. The Morgan fingerprint density at radius 2 is 1.82 bits per heavy atom. The van der Waals surface area contributed by atoms with Crippen molar-refractivity contribution in [1.82, 2.24) is 0 Å². The van der Waals surface area contributed by atoms with Crippen LogP contribution in [-0.2, 0) is 9.47 Å². The fourth-order valence-electron chi connectivity index (χ4n) is 0.465. The predicted molar refractivity (Wildman–Crippen MR) is 48.8 cm³/mol. The average Bonchev–Trinajstić information content (AvgIpc) is 1.96. The zero-order valence-corrected chi connectivity index (χ0v) is 8.36. The molecular formula is C6H13IO4. The van der Waals surface area contributed by atoms with Crippen LogP contribution in [0.4, 0.5) is 0 Å². The summed E-state index contributed by atoms with van der Waals surface area (Å²) in [6.45, 7) is 1.62. The smallest absolute Gasteiger partial charge is 0.128 e. The Kier molecular flexibility index (Phi) is 9.11. The highest BCUT2D eigenvalue weighted by Gasteiger charge is 1.95. The van der Waals surface area contributed by atoms with Crippen LogP contribution in [0.25, 0.3) is 0 Å². The first-order valence-corrected chi connectivity index (χ1v) is 4.60. The lowest BCUT2D eigenvalue weighted by Crippen LogP contribution is -2.12. The second-order valence-corrected chi connectivity index (χ2v) is 3.28. The molecule has 1 atom stereocenters. The maximum absolute atomic E-state index is 8.74. The van der Waals surface area contributed by atoms with Gasteiger partial charge in [-0.15, -0.1) is 0 Å². The molecule has 0 heterocycles. The van der Waals surface area contributed by atoms with Gasteiger partial charge in [0.2, 0.25) is 0 Å². The molecule has 0 saturated heterocycles. The Morgan fingerprint density at radius 3 is 2.36 bits per heavy atom. The normalized spacial score (nSPS) is 13.4. The number of hydrogen-bond donors (Lipinski definition) is 2. The molecule has 0 aromatic carbocycles. The molecule has 1 unspecified atom stereocenters. The Bertz CT molecular complexity index is 79.0. The summed E-state index contributed by atoms with van der Waals surface area (Å²) in [4.78, 5) is 0. The van der Waals surface area contributed by atoms with E-state index in [1.165, 1.54) is 0 Å². The first kappa shape index (κ1) is 11.6. The van der Waals surface area contributed by atoms with Gasteiger partial charge in [0.15, 0.2) is 0 Å². The van der Waals surface area contributed by atoms with E-state index in [2.05, 4.69) is 0 Å². The number of aliphatic hydroxyl groups is 2. The van der Waals surface area contributed by atoms with Crippen LogP contribution in [0.5, 0.6) is 0 Å². The van der Waals surface area contributed by atoms with Crippen LogP contribution in [0, 0.1) is 0 Å². The van der Waals surface area contributed by atoms with Crippen LogP contribution < -0.4 is 0 Å². The van der Waals surface area contributed by atoms with Gasteiger partial charge in [-0.2, -0.15) is 0 Å². The highest BCUT2D eigenvalue weighted by molar-refractivity contribution is 14.1. The van der Waals surface area contributed by atoms with E-state index in [0.717, 1.165) is 0 Å². The summed E-state index contributed by atoms with van der Waals surface area (Å²) < 4.78 is 9.43. The highest BCUT2D eigenvalue weighted by Crippen LogP contribution is 1.94. The second-order valence-electron chi connectivity index (χ2n) is 1.85. The van der Waals surface area contributed by atoms with Crippen LogP contribution in [0.15, 0.2) is 0 Å². The highest BCUT2D eigenvalue weighted by atomic mass is 127. The minimum Gasteiger partial charge on any atom is -0.394 e. The molecule has 0 spiro atoms. The summed E-state index contributed by atoms with van der Waals surface area (Å²) in [6.07, 6.45) is 0. The topological polar surface area (TPSA) is 58.9 Å². The van der Waals surface area contributed by atoms with Crippen molar-refractivity contribution in [2.45, 2.75) is 4.11 Å². The average molecular weight is 276 g/mol. The fourth-order valence-corrected chi connectivity index (χ4v) is 0.719. The van der Waals surface area contributed by atoms with E-state index in [4.69, 9.17) is 19.7 Å². The summed E-state index contributed by atoms with van der Waals surface area (Å²) in [5.41, 5.74) is 0. The van der Waals surface area contributed by atoms with E-state index in [0.29, 0.717) is 26.4 Å². The number of rotatable bonds is 7. The minimum atomic E-state index is -0.453. The van der Waals surface area contributed by atoms with E-state index in [9.17, 15) is 0 Å². The maximum atomic E-state index is 8.74.